The molecule has 3 heteroatoms. The molecule has 0 aromatic heterocycles. The SMILES string of the molecule is CCC(O)OCCOCc1ccccc1. The lowest BCUT2D eigenvalue weighted by molar-refractivity contribution is -0.114. The number of benzene rings is 1. The van der Waals surface area contributed by atoms with Gasteiger partial charge < -0.3 is 14.6 Å². The largest absolute Gasteiger partial charge is 0.374 e. The molecule has 0 radical (unpaired) electrons. The summed E-state index contributed by atoms with van der Waals surface area (Å²) >= 11 is 0. The Morgan fingerprint density at radius 3 is 2.60 bits per heavy atom. The average Bonchev–Trinajstić information content (AvgIpc) is 2.29. The summed E-state index contributed by atoms with van der Waals surface area (Å²) < 4.78 is 10.4. The summed E-state index contributed by atoms with van der Waals surface area (Å²) in [5.41, 5.74) is 1.15. The predicted molar refractivity (Wildman–Crippen MR) is 58.3 cm³/mol. The van der Waals surface area contributed by atoms with E-state index in [-0.39, 0.29) is 0 Å². The molecule has 0 amide bonds. The fourth-order valence-corrected chi connectivity index (χ4v) is 1.13. The van der Waals surface area contributed by atoms with Crippen molar-refractivity contribution in [1.82, 2.24) is 0 Å². The van der Waals surface area contributed by atoms with Gasteiger partial charge in [0.1, 0.15) is 0 Å². The molecule has 0 fully saturated rings. The van der Waals surface area contributed by atoms with Crippen molar-refractivity contribution in [3.8, 4) is 0 Å². The van der Waals surface area contributed by atoms with Crippen LogP contribution in [0.1, 0.15) is 18.9 Å². The highest BCUT2D eigenvalue weighted by molar-refractivity contribution is 5.13. The van der Waals surface area contributed by atoms with E-state index in [0.29, 0.717) is 26.2 Å². The van der Waals surface area contributed by atoms with Crippen molar-refractivity contribution in [3.63, 3.8) is 0 Å². The standard InChI is InChI=1S/C12H18O3/c1-2-12(13)15-9-8-14-10-11-6-4-3-5-7-11/h3-7,12-13H,2,8-10H2,1H3. The van der Waals surface area contributed by atoms with E-state index in [1.165, 1.54) is 0 Å². The minimum atomic E-state index is -0.662. The molecule has 0 saturated carbocycles. The summed E-state index contributed by atoms with van der Waals surface area (Å²) in [6.45, 7) is 3.40. The Bertz CT molecular complexity index is 248. The Morgan fingerprint density at radius 2 is 1.93 bits per heavy atom. The van der Waals surface area contributed by atoms with Crippen LogP contribution >= 0.6 is 0 Å². The highest BCUT2D eigenvalue weighted by atomic mass is 16.6. The van der Waals surface area contributed by atoms with E-state index >= 15 is 0 Å². The van der Waals surface area contributed by atoms with Crippen LogP contribution in [0.25, 0.3) is 0 Å². The third-order valence-corrected chi connectivity index (χ3v) is 2.00. The van der Waals surface area contributed by atoms with Crippen molar-refractivity contribution in [3.05, 3.63) is 35.9 Å². The Kier molecular flexibility index (Phi) is 6.00. The third-order valence-electron chi connectivity index (χ3n) is 2.00. The van der Waals surface area contributed by atoms with Crippen LogP contribution in [-0.2, 0) is 16.1 Å². The van der Waals surface area contributed by atoms with E-state index in [4.69, 9.17) is 14.6 Å². The molecule has 1 N–H and O–H groups in total. The van der Waals surface area contributed by atoms with Gasteiger partial charge >= 0.3 is 0 Å². The third kappa shape index (κ3) is 5.52. The first-order valence-electron chi connectivity index (χ1n) is 5.24. The summed E-state index contributed by atoms with van der Waals surface area (Å²) in [6, 6.07) is 9.97. The van der Waals surface area contributed by atoms with Crippen molar-refractivity contribution >= 4 is 0 Å². The van der Waals surface area contributed by atoms with Crippen LogP contribution < -0.4 is 0 Å². The molecule has 1 rings (SSSR count). The fourth-order valence-electron chi connectivity index (χ4n) is 1.13. The van der Waals surface area contributed by atoms with Gasteiger partial charge in [-0.15, -0.1) is 0 Å². The number of ether oxygens (including phenoxy) is 2. The molecule has 0 heterocycles. The number of hydrogen-bond acceptors (Lipinski definition) is 3. The Labute approximate surface area is 90.6 Å². The van der Waals surface area contributed by atoms with Gasteiger partial charge in [-0.1, -0.05) is 37.3 Å². The van der Waals surface area contributed by atoms with E-state index < -0.39 is 6.29 Å². The smallest absolute Gasteiger partial charge is 0.154 e. The molecule has 3 nitrogen and oxygen atoms in total. The highest BCUT2D eigenvalue weighted by Crippen LogP contribution is 2.00. The molecule has 1 aromatic rings. The van der Waals surface area contributed by atoms with E-state index in [2.05, 4.69) is 0 Å². The molecule has 0 bridgehead atoms. The van der Waals surface area contributed by atoms with Crippen LogP contribution in [0.15, 0.2) is 30.3 Å². The van der Waals surface area contributed by atoms with Crippen LogP contribution in [0.4, 0.5) is 0 Å². The zero-order chi connectivity index (χ0) is 10.9. The molecular weight excluding hydrogens is 192 g/mol. The molecule has 0 saturated heterocycles. The zero-order valence-electron chi connectivity index (χ0n) is 9.06. The van der Waals surface area contributed by atoms with Crippen molar-refractivity contribution in [1.29, 1.82) is 0 Å². The maximum absolute atomic E-state index is 9.10. The second kappa shape index (κ2) is 7.40. The predicted octanol–water partition coefficient (Wildman–Crippen LogP) is 1.95. The summed E-state index contributed by atoms with van der Waals surface area (Å²) in [5.74, 6) is 0. The molecule has 0 aliphatic rings. The molecule has 0 spiro atoms. The Morgan fingerprint density at radius 1 is 1.20 bits per heavy atom. The first kappa shape index (κ1) is 12.2. The first-order valence-corrected chi connectivity index (χ1v) is 5.24. The van der Waals surface area contributed by atoms with Gasteiger partial charge in [-0.05, 0) is 12.0 Å². The van der Waals surface area contributed by atoms with Gasteiger partial charge in [0.15, 0.2) is 6.29 Å². The maximum Gasteiger partial charge on any atom is 0.154 e. The lowest BCUT2D eigenvalue weighted by atomic mass is 10.2. The van der Waals surface area contributed by atoms with Gasteiger partial charge in [-0.25, -0.2) is 0 Å². The van der Waals surface area contributed by atoms with Crippen molar-refractivity contribution in [2.24, 2.45) is 0 Å². The van der Waals surface area contributed by atoms with Gasteiger partial charge in [0, 0.05) is 0 Å². The maximum atomic E-state index is 9.10. The van der Waals surface area contributed by atoms with E-state index in [0.717, 1.165) is 5.56 Å². The summed E-state index contributed by atoms with van der Waals surface area (Å²) in [5, 5.41) is 9.10. The quantitative estimate of drug-likeness (QED) is 0.552. The van der Waals surface area contributed by atoms with Crippen LogP contribution in [0.5, 0.6) is 0 Å². The molecule has 84 valence electrons. The molecular formula is C12H18O3. The number of rotatable bonds is 7. The summed E-state index contributed by atoms with van der Waals surface area (Å²) in [6.07, 6.45) is -0.0519. The molecule has 1 unspecified atom stereocenters. The topological polar surface area (TPSA) is 38.7 Å². The average molecular weight is 210 g/mol. The van der Waals surface area contributed by atoms with Crippen LogP contribution in [-0.4, -0.2) is 24.6 Å². The van der Waals surface area contributed by atoms with E-state index in [1.54, 1.807) is 0 Å². The fraction of sp³-hybridized carbons (Fsp3) is 0.500. The van der Waals surface area contributed by atoms with E-state index in [1.807, 2.05) is 37.3 Å². The molecule has 15 heavy (non-hydrogen) atoms. The van der Waals surface area contributed by atoms with Gasteiger partial charge in [-0.2, -0.15) is 0 Å². The van der Waals surface area contributed by atoms with Crippen molar-refractivity contribution < 1.29 is 14.6 Å². The first-order chi connectivity index (χ1) is 7.33. The van der Waals surface area contributed by atoms with Gasteiger partial charge in [0.25, 0.3) is 0 Å². The van der Waals surface area contributed by atoms with E-state index in [9.17, 15) is 0 Å². The van der Waals surface area contributed by atoms with Gasteiger partial charge in [0.2, 0.25) is 0 Å². The second-order valence-electron chi connectivity index (χ2n) is 3.27. The van der Waals surface area contributed by atoms with Gasteiger partial charge in [-0.3, -0.25) is 0 Å². The zero-order valence-corrected chi connectivity index (χ0v) is 9.06. The number of aliphatic hydroxyl groups is 1. The molecule has 0 aliphatic carbocycles. The molecule has 1 atom stereocenters. The summed E-state index contributed by atoms with van der Waals surface area (Å²) in [7, 11) is 0. The van der Waals surface area contributed by atoms with Crippen molar-refractivity contribution in [2.45, 2.75) is 26.2 Å². The number of aliphatic hydroxyl groups excluding tert-OH is 1. The van der Waals surface area contributed by atoms with Crippen LogP contribution in [0, 0.1) is 0 Å². The van der Waals surface area contributed by atoms with Gasteiger partial charge in [0.05, 0.1) is 19.8 Å². The monoisotopic (exact) mass is 210 g/mol. The molecule has 0 aliphatic heterocycles. The summed E-state index contributed by atoms with van der Waals surface area (Å²) in [4.78, 5) is 0. The van der Waals surface area contributed by atoms with Crippen molar-refractivity contribution in [2.75, 3.05) is 13.2 Å². The lowest BCUT2D eigenvalue weighted by Crippen LogP contribution is -2.14. The second-order valence-corrected chi connectivity index (χ2v) is 3.27. The minimum absolute atomic E-state index is 0.432. The Balaban J connectivity index is 2.03. The highest BCUT2D eigenvalue weighted by Gasteiger charge is 1.98. The molecule has 1 aromatic carbocycles. The lowest BCUT2D eigenvalue weighted by Gasteiger charge is -2.09. The normalized spacial score (nSPS) is 12.7. The number of hydrogen-bond donors (Lipinski definition) is 1. The Hall–Kier alpha value is -0.900. The minimum Gasteiger partial charge on any atom is -0.374 e. The van der Waals surface area contributed by atoms with Crippen LogP contribution in [0.2, 0.25) is 0 Å². The van der Waals surface area contributed by atoms with Crippen LogP contribution in [0.3, 0.4) is 0 Å².